The number of likely N-dealkylation sites (tertiary alicyclic amines) is 1. The van der Waals surface area contributed by atoms with E-state index in [4.69, 9.17) is 0 Å². The number of likely N-dealkylation sites (N-methyl/N-ethyl adjacent to an activating group) is 1. The summed E-state index contributed by atoms with van der Waals surface area (Å²) in [6.45, 7) is 5.85. The van der Waals surface area contributed by atoms with Crippen LogP contribution in [0.3, 0.4) is 0 Å². The van der Waals surface area contributed by atoms with Gasteiger partial charge in [-0.3, -0.25) is 9.78 Å². The molecule has 1 aliphatic rings. The van der Waals surface area contributed by atoms with Crippen molar-refractivity contribution in [1.82, 2.24) is 15.2 Å². The van der Waals surface area contributed by atoms with Gasteiger partial charge < -0.3 is 10.2 Å². The summed E-state index contributed by atoms with van der Waals surface area (Å²) in [5, 5.41) is 3.20. The zero-order valence-electron chi connectivity index (χ0n) is 12.0. The number of hydrogen-bond acceptors (Lipinski definition) is 3. The molecule has 1 atom stereocenters. The van der Waals surface area contributed by atoms with Gasteiger partial charge in [-0.15, -0.1) is 0 Å². The lowest BCUT2D eigenvalue weighted by Crippen LogP contribution is -2.50. The van der Waals surface area contributed by atoms with Gasteiger partial charge in [0.1, 0.15) is 0 Å². The van der Waals surface area contributed by atoms with Gasteiger partial charge in [-0.2, -0.15) is 0 Å². The highest BCUT2D eigenvalue weighted by Crippen LogP contribution is 2.31. The largest absolute Gasteiger partial charge is 0.337 e. The summed E-state index contributed by atoms with van der Waals surface area (Å²) < 4.78 is 0. The highest BCUT2D eigenvalue weighted by molar-refractivity contribution is 5.83. The highest BCUT2D eigenvalue weighted by Gasteiger charge is 2.38. The Hall–Kier alpha value is -1.42. The lowest BCUT2D eigenvalue weighted by atomic mass is 9.80. The second-order valence-corrected chi connectivity index (χ2v) is 5.93. The van der Waals surface area contributed by atoms with Gasteiger partial charge >= 0.3 is 0 Å². The van der Waals surface area contributed by atoms with Crippen LogP contribution in [-0.2, 0) is 11.3 Å². The van der Waals surface area contributed by atoms with Crippen molar-refractivity contribution in [2.24, 2.45) is 5.41 Å². The van der Waals surface area contributed by atoms with Gasteiger partial charge in [-0.25, -0.2) is 0 Å². The number of carbonyl (C=O) groups excluding carboxylic acids is 1. The van der Waals surface area contributed by atoms with Crippen LogP contribution >= 0.6 is 0 Å². The van der Waals surface area contributed by atoms with Crippen molar-refractivity contribution in [3.8, 4) is 0 Å². The van der Waals surface area contributed by atoms with Crippen LogP contribution in [0.1, 0.15) is 32.3 Å². The highest BCUT2D eigenvalue weighted by atomic mass is 16.2. The van der Waals surface area contributed by atoms with Crippen molar-refractivity contribution >= 4 is 5.91 Å². The van der Waals surface area contributed by atoms with Crippen molar-refractivity contribution in [2.45, 2.75) is 39.3 Å². The summed E-state index contributed by atoms with van der Waals surface area (Å²) in [4.78, 5) is 18.6. The molecule has 4 heteroatoms. The van der Waals surface area contributed by atoms with E-state index >= 15 is 0 Å². The first-order chi connectivity index (χ1) is 9.04. The van der Waals surface area contributed by atoms with Crippen LogP contribution < -0.4 is 5.32 Å². The van der Waals surface area contributed by atoms with Crippen LogP contribution in [0.25, 0.3) is 0 Å². The predicted octanol–water partition coefficient (Wildman–Crippen LogP) is 1.82. The molecule has 0 spiro atoms. The number of amides is 1. The topological polar surface area (TPSA) is 45.2 Å². The molecule has 19 heavy (non-hydrogen) atoms. The maximum Gasteiger partial charge on any atom is 0.240 e. The summed E-state index contributed by atoms with van der Waals surface area (Å²) in [5.41, 5.74) is 1.15. The third-order valence-corrected chi connectivity index (χ3v) is 4.00. The number of nitrogens with one attached hydrogen (secondary N) is 1. The number of hydrogen-bond donors (Lipinski definition) is 1. The SMILES string of the molecule is CNC1C(=O)N(Cc2ccncc2)CCCC1(C)C. The molecule has 0 aromatic carbocycles. The maximum atomic E-state index is 12.6. The molecule has 2 rings (SSSR count). The van der Waals surface area contributed by atoms with Crippen LogP contribution in [0, 0.1) is 5.41 Å². The van der Waals surface area contributed by atoms with Crippen LogP contribution in [-0.4, -0.2) is 35.4 Å². The van der Waals surface area contributed by atoms with Crippen LogP contribution in [0.15, 0.2) is 24.5 Å². The first-order valence-corrected chi connectivity index (χ1v) is 6.89. The fourth-order valence-electron chi connectivity index (χ4n) is 2.88. The van der Waals surface area contributed by atoms with Gasteiger partial charge in [0.05, 0.1) is 6.04 Å². The molecule has 104 valence electrons. The summed E-state index contributed by atoms with van der Waals surface area (Å²) in [6, 6.07) is 3.84. The quantitative estimate of drug-likeness (QED) is 0.902. The molecule has 1 amide bonds. The Morgan fingerprint density at radius 2 is 2.11 bits per heavy atom. The predicted molar refractivity (Wildman–Crippen MR) is 75.5 cm³/mol. The molecule has 1 aromatic heterocycles. The molecule has 1 fully saturated rings. The first kappa shape index (κ1) is 14.0. The van der Waals surface area contributed by atoms with Gasteiger partial charge in [0.25, 0.3) is 0 Å². The maximum absolute atomic E-state index is 12.6. The Morgan fingerprint density at radius 1 is 1.42 bits per heavy atom. The Kier molecular flexibility index (Phi) is 4.20. The Balaban J connectivity index is 2.15. The molecule has 1 aliphatic heterocycles. The Labute approximate surface area is 115 Å². The van der Waals surface area contributed by atoms with E-state index in [9.17, 15) is 4.79 Å². The molecular formula is C15H23N3O. The number of rotatable bonds is 3. The van der Waals surface area contributed by atoms with Gasteiger partial charge in [-0.05, 0) is 43.0 Å². The molecule has 1 unspecified atom stereocenters. The fraction of sp³-hybridized carbons (Fsp3) is 0.600. The number of pyridine rings is 1. The molecule has 0 aliphatic carbocycles. The second-order valence-electron chi connectivity index (χ2n) is 5.93. The lowest BCUT2D eigenvalue weighted by Gasteiger charge is -2.32. The monoisotopic (exact) mass is 261 g/mol. The van der Waals surface area contributed by atoms with Gasteiger partial charge in [0, 0.05) is 25.5 Å². The summed E-state index contributed by atoms with van der Waals surface area (Å²) in [5.74, 6) is 0.210. The summed E-state index contributed by atoms with van der Waals surface area (Å²) in [7, 11) is 1.88. The van der Waals surface area contributed by atoms with Crippen molar-refractivity contribution < 1.29 is 4.79 Å². The van der Waals surface area contributed by atoms with E-state index in [0.717, 1.165) is 24.9 Å². The third-order valence-electron chi connectivity index (χ3n) is 4.00. The average molecular weight is 261 g/mol. The van der Waals surface area contributed by atoms with E-state index in [1.165, 1.54) is 0 Å². The first-order valence-electron chi connectivity index (χ1n) is 6.89. The molecule has 0 radical (unpaired) electrons. The second kappa shape index (κ2) is 5.70. The van der Waals surface area contributed by atoms with Crippen LogP contribution in [0.4, 0.5) is 0 Å². The lowest BCUT2D eigenvalue weighted by molar-refractivity contribution is -0.135. The van der Waals surface area contributed by atoms with Crippen molar-refractivity contribution in [1.29, 1.82) is 0 Å². The molecule has 1 saturated heterocycles. The number of aromatic nitrogens is 1. The van der Waals surface area contributed by atoms with E-state index in [0.29, 0.717) is 6.54 Å². The van der Waals surface area contributed by atoms with Crippen LogP contribution in [0.5, 0.6) is 0 Å². The van der Waals surface area contributed by atoms with Crippen molar-refractivity contribution in [3.05, 3.63) is 30.1 Å². The fourth-order valence-corrected chi connectivity index (χ4v) is 2.88. The van der Waals surface area contributed by atoms with Gasteiger partial charge in [-0.1, -0.05) is 13.8 Å². The Bertz CT molecular complexity index is 430. The minimum absolute atomic E-state index is 0.0127. The molecule has 1 N–H and O–H groups in total. The minimum atomic E-state index is -0.100. The normalized spacial score (nSPS) is 23.2. The number of nitrogens with zero attached hydrogens (tertiary/aromatic N) is 2. The van der Waals surface area contributed by atoms with Crippen LogP contribution in [0.2, 0.25) is 0 Å². The van der Waals surface area contributed by atoms with Gasteiger partial charge in [0.15, 0.2) is 0 Å². The summed E-state index contributed by atoms with van der Waals surface area (Å²) >= 11 is 0. The van der Waals surface area contributed by atoms with E-state index in [1.54, 1.807) is 12.4 Å². The average Bonchev–Trinajstić information content (AvgIpc) is 2.48. The van der Waals surface area contributed by atoms with Crippen molar-refractivity contribution in [2.75, 3.05) is 13.6 Å². The van der Waals surface area contributed by atoms with Gasteiger partial charge in [0.2, 0.25) is 5.91 Å². The standard InChI is InChI=1S/C15H23N3O/c1-15(2)7-4-10-18(14(19)13(15)16-3)11-12-5-8-17-9-6-12/h5-6,8-9,13,16H,4,7,10-11H2,1-3H3. The molecule has 2 heterocycles. The Morgan fingerprint density at radius 3 is 2.74 bits per heavy atom. The molecule has 0 bridgehead atoms. The smallest absolute Gasteiger partial charge is 0.240 e. The number of carbonyl (C=O) groups is 1. The molecule has 0 saturated carbocycles. The van der Waals surface area contributed by atoms with E-state index in [1.807, 2.05) is 24.1 Å². The van der Waals surface area contributed by atoms with Crippen molar-refractivity contribution in [3.63, 3.8) is 0 Å². The molecule has 4 nitrogen and oxygen atoms in total. The molecule has 1 aromatic rings. The summed E-state index contributed by atoms with van der Waals surface area (Å²) in [6.07, 6.45) is 5.67. The van der Waals surface area contributed by atoms with E-state index in [-0.39, 0.29) is 17.4 Å². The third kappa shape index (κ3) is 3.13. The van der Waals surface area contributed by atoms with E-state index < -0.39 is 0 Å². The zero-order valence-corrected chi connectivity index (χ0v) is 12.0. The van der Waals surface area contributed by atoms with E-state index in [2.05, 4.69) is 24.1 Å². The zero-order chi connectivity index (χ0) is 13.9. The molecular weight excluding hydrogens is 238 g/mol. The minimum Gasteiger partial charge on any atom is -0.337 e.